The van der Waals surface area contributed by atoms with Gasteiger partial charge >= 0.3 is 5.97 Å². The lowest BCUT2D eigenvalue weighted by atomic mass is 10.1. The molecule has 1 N–H and O–H groups in total. The number of piperazine rings is 1. The van der Waals surface area contributed by atoms with Gasteiger partial charge in [-0.15, -0.1) is 11.3 Å². The summed E-state index contributed by atoms with van der Waals surface area (Å²) in [4.78, 5) is 32.3. The first-order chi connectivity index (χ1) is 16.9. The van der Waals surface area contributed by atoms with Gasteiger partial charge in [0.1, 0.15) is 10.8 Å². The Morgan fingerprint density at radius 1 is 1.11 bits per heavy atom. The molecule has 190 valence electrons. The van der Waals surface area contributed by atoms with Gasteiger partial charge in [-0.1, -0.05) is 12.1 Å². The van der Waals surface area contributed by atoms with Crippen LogP contribution in [0.25, 0.3) is 0 Å². The maximum Gasteiger partial charge on any atom is 0.341 e. The molecule has 2 heterocycles. The molecule has 0 radical (unpaired) electrons. The van der Waals surface area contributed by atoms with Crippen LogP contribution in [-0.2, 0) is 4.74 Å². The highest BCUT2D eigenvalue weighted by Crippen LogP contribution is 2.35. The summed E-state index contributed by atoms with van der Waals surface area (Å²) in [6.45, 7) is 12.4. The highest BCUT2D eigenvalue weighted by Gasteiger charge is 2.29. The number of carbonyl (C=O) groups excluding carboxylic acids is 2. The molecule has 0 unspecified atom stereocenters. The van der Waals surface area contributed by atoms with Gasteiger partial charge in [-0.3, -0.25) is 4.79 Å². The summed E-state index contributed by atoms with van der Waals surface area (Å²) in [6, 6.07) is 8.05. The normalized spacial score (nSPS) is 13.4. The van der Waals surface area contributed by atoms with E-state index in [1.807, 2.05) is 39.0 Å². The summed E-state index contributed by atoms with van der Waals surface area (Å²) in [7, 11) is 1.34. The van der Waals surface area contributed by atoms with E-state index in [0.717, 1.165) is 37.6 Å². The molecule has 10 heteroatoms. The van der Waals surface area contributed by atoms with Crippen molar-refractivity contribution < 1.29 is 19.1 Å². The molecular formula is C25H34N4O4S2. The Kier molecular flexibility index (Phi) is 9.33. The third kappa shape index (κ3) is 5.87. The lowest BCUT2D eigenvalue weighted by Crippen LogP contribution is -2.50. The molecule has 0 saturated carbocycles. The number of ether oxygens (including phenoxy) is 2. The van der Waals surface area contributed by atoms with Crippen molar-refractivity contribution >= 4 is 51.2 Å². The van der Waals surface area contributed by atoms with Gasteiger partial charge in [-0.05, 0) is 57.6 Å². The van der Waals surface area contributed by atoms with Gasteiger partial charge in [0.15, 0.2) is 5.11 Å². The number of thiocarbonyl (C=S) groups is 1. The molecule has 1 saturated heterocycles. The van der Waals surface area contributed by atoms with Crippen LogP contribution in [0.5, 0.6) is 5.75 Å². The van der Waals surface area contributed by atoms with Crippen LogP contribution in [0.1, 0.15) is 46.4 Å². The molecule has 2 aromatic rings. The van der Waals surface area contributed by atoms with Crippen LogP contribution in [-0.4, -0.2) is 79.8 Å². The summed E-state index contributed by atoms with van der Waals surface area (Å²) in [5.41, 5.74) is 2.05. The summed E-state index contributed by atoms with van der Waals surface area (Å²) in [6.07, 6.45) is 0. The zero-order chi connectivity index (χ0) is 25.5. The second-order valence-corrected chi connectivity index (χ2v) is 9.44. The topological polar surface area (TPSA) is 74.4 Å². The zero-order valence-corrected chi connectivity index (χ0v) is 22.7. The van der Waals surface area contributed by atoms with Crippen LogP contribution in [0.4, 0.5) is 10.7 Å². The molecule has 1 aliphatic rings. The van der Waals surface area contributed by atoms with E-state index < -0.39 is 5.97 Å². The van der Waals surface area contributed by atoms with Crippen LogP contribution in [0.3, 0.4) is 0 Å². The Balaban J connectivity index is 1.75. The van der Waals surface area contributed by atoms with Crippen molar-refractivity contribution in [1.82, 2.24) is 9.80 Å². The minimum atomic E-state index is -0.486. The average molecular weight is 519 g/mol. The first-order valence-electron chi connectivity index (χ1n) is 11.9. The smallest absolute Gasteiger partial charge is 0.341 e. The minimum Gasteiger partial charge on any atom is -0.492 e. The molecule has 8 nitrogen and oxygen atoms in total. The molecule has 3 rings (SSSR count). The second-order valence-electron chi connectivity index (χ2n) is 8.03. The molecule has 1 fully saturated rings. The Bertz CT molecular complexity index is 1060. The van der Waals surface area contributed by atoms with Gasteiger partial charge in [0.05, 0.1) is 29.8 Å². The van der Waals surface area contributed by atoms with Gasteiger partial charge in [-0.2, -0.15) is 0 Å². The van der Waals surface area contributed by atoms with Crippen molar-refractivity contribution in [1.29, 1.82) is 0 Å². The van der Waals surface area contributed by atoms with Crippen molar-refractivity contribution in [2.24, 2.45) is 0 Å². The number of thiophene rings is 1. The van der Waals surface area contributed by atoms with Crippen molar-refractivity contribution in [3.05, 3.63) is 40.3 Å². The summed E-state index contributed by atoms with van der Waals surface area (Å²) < 4.78 is 10.8. The quantitative estimate of drug-likeness (QED) is 0.411. The predicted octanol–water partition coefficient (Wildman–Crippen LogP) is 4.24. The molecule has 1 aromatic carbocycles. The fraction of sp³-hybridized carbons (Fsp3) is 0.480. The first-order valence-corrected chi connectivity index (χ1v) is 13.1. The molecule has 0 spiro atoms. The van der Waals surface area contributed by atoms with E-state index in [1.54, 1.807) is 11.8 Å². The van der Waals surface area contributed by atoms with E-state index in [4.69, 9.17) is 21.7 Å². The van der Waals surface area contributed by atoms with Crippen LogP contribution < -0.4 is 15.0 Å². The first kappa shape index (κ1) is 26.7. The minimum absolute atomic E-state index is 0.0943. The molecule has 0 atom stereocenters. The SMILES string of the molecule is CCOc1ccccc1N1CCN(C(=S)Nc2sc(C(=O)N(CC)CC)c(C)c2C(=O)OC)CC1. The van der Waals surface area contributed by atoms with E-state index in [2.05, 4.69) is 21.2 Å². The van der Waals surface area contributed by atoms with Gasteiger partial charge < -0.3 is 29.5 Å². The summed E-state index contributed by atoms with van der Waals surface area (Å²) in [5, 5.41) is 4.30. The van der Waals surface area contributed by atoms with Crippen molar-refractivity contribution in [2.75, 3.05) is 63.2 Å². The van der Waals surface area contributed by atoms with Crippen molar-refractivity contribution in [3.63, 3.8) is 0 Å². The second kappa shape index (κ2) is 12.2. The predicted molar refractivity (Wildman–Crippen MR) is 145 cm³/mol. The lowest BCUT2D eigenvalue weighted by molar-refractivity contribution is 0.0601. The maximum absolute atomic E-state index is 13.0. The van der Waals surface area contributed by atoms with E-state index in [1.165, 1.54) is 18.4 Å². The molecule has 0 aliphatic carbocycles. The Labute approximate surface area is 216 Å². The van der Waals surface area contributed by atoms with Crippen LogP contribution >= 0.6 is 23.6 Å². The number of nitrogens with zero attached hydrogens (tertiary/aromatic N) is 3. The molecule has 0 bridgehead atoms. The number of carbonyl (C=O) groups is 2. The number of hydrogen-bond donors (Lipinski definition) is 1. The van der Waals surface area contributed by atoms with Crippen LogP contribution in [0.15, 0.2) is 24.3 Å². The molecule has 1 aliphatic heterocycles. The van der Waals surface area contributed by atoms with Crippen LogP contribution in [0, 0.1) is 6.92 Å². The zero-order valence-electron chi connectivity index (χ0n) is 21.1. The monoisotopic (exact) mass is 518 g/mol. The highest BCUT2D eigenvalue weighted by atomic mass is 32.1. The molecule has 35 heavy (non-hydrogen) atoms. The largest absolute Gasteiger partial charge is 0.492 e. The summed E-state index contributed by atoms with van der Waals surface area (Å²) in [5.74, 6) is 0.300. The number of hydrogen-bond acceptors (Lipinski definition) is 7. The Hall–Kier alpha value is -2.85. The van der Waals surface area contributed by atoms with Crippen molar-refractivity contribution in [2.45, 2.75) is 27.7 Å². The van der Waals surface area contributed by atoms with E-state index in [0.29, 0.717) is 45.8 Å². The van der Waals surface area contributed by atoms with Crippen molar-refractivity contribution in [3.8, 4) is 5.75 Å². The Morgan fingerprint density at radius 3 is 2.37 bits per heavy atom. The third-order valence-electron chi connectivity index (χ3n) is 6.07. The van der Waals surface area contributed by atoms with Crippen LogP contribution in [0.2, 0.25) is 0 Å². The fourth-order valence-electron chi connectivity index (χ4n) is 4.13. The number of methoxy groups -OCH3 is 1. The highest BCUT2D eigenvalue weighted by molar-refractivity contribution is 7.80. The number of amides is 1. The number of benzene rings is 1. The number of esters is 1. The number of para-hydroxylation sites is 2. The number of rotatable bonds is 8. The van der Waals surface area contributed by atoms with E-state index in [-0.39, 0.29) is 5.91 Å². The molecule has 1 amide bonds. The average Bonchev–Trinajstić information content (AvgIpc) is 3.20. The number of anilines is 2. The van der Waals surface area contributed by atoms with E-state index >= 15 is 0 Å². The maximum atomic E-state index is 13.0. The van der Waals surface area contributed by atoms with E-state index in [9.17, 15) is 9.59 Å². The lowest BCUT2D eigenvalue weighted by Gasteiger charge is -2.37. The van der Waals surface area contributed by atoms with Gasteiger partial charge in [0.2, 0.25) is 0 Å². The Morgan fingerprint density at radius 2 is 1.77 bits per heavy atom. The van der Waals surface area contributed by atoms with Gasteiger partial charge in [-0.25, -0.2) is 4.79 Å². The van der Waals surface area contributed by atoms with Gasteiger partial charge in [0, 0.05) is 39.3 Å². The third-order valence-corrected chi connectivity index (χ3v) is 7.63. The number of nitrogens with one attached hydrogen (secondary N) is 1. The molecule has 1 aromatic heterocycles. The molecular weight excluding hydrogens is 484 g/mol. The summed E-state index contributed by atoms with van der Waals surface area (Å²) >= 11 is 6.96. The fourth-order valence-corrected chi connectivity index (χ4v) is 5.64. The standard InChI is InChI=1S/C25H34N4O4S2/c1-6-27(7-2)23(30)21-17(4)20(24(31)32-5)22(35-21)26-25(34)29-15-13-28(14-16-29)18-11-9-10-12-19(18)33-8-3/h9-12H,6-8,13-16H2,1-5H3,(H,26,34). The van der Waals surface area contributed by atoms with Gasteiger partial charge in [0.25, 0.3) is 5.91 Å².